The lowest BCUT2D eigenvalue weighted by Gasteiger charge is -2.39. The molecule has 1 aliphatic carbocycles. The van der Waals surface area contributed by atoms with Crippen molar-refractivity contribution in [3.8, 4) is 6.07 Å². The zero-order valence-corrected chi connectivity index (χ0v) is 17.2. The molecule has 1 saturated heterocycles. The molecule has 1 spiro atoms. The number of fused-ring (bicyclic) bond motifs is 1. The van der Waals surface area contributed by atoms with E-state index in [1.54, 1.807) is 25.4 Å². The number of nitrogens with zero attached hydrogens (tertiary/aromatic N) is 4. The van der Waals surface area contributed by atoms with E-state index in [0.717, 1.165) is 49.2 Å². The van der Waals surface area contributed by atoms with E-state index in [4.69, 9.17) is 5.26 Å². The summed E-state index contributed by atoms with van der Waals surface area (Å²) in [6, 6.07) is 7.81. The summed E-state index contributed by atoms with van der Waals surface area (Å²) in [5.74, 6) is 0.311. The molecule has 0 radical (unpaired) electrons. The second kappa shape index (κ2) is 7.34. The number of aromatic nitrogens is 3. The van der Waals surface area contributed by atoms with Gasteiger partial charge in [0.25, 0.3) is 0 Å². The van der Waals surface area contributed by atoms with Gasteiger partial charge < -0.3 is 15.2 Å². The van der Waals surface area contributed by atoms with E-state index in [1.165, 1.54) is 6.07 Å². The number of hydrogen-bond acceptors (Lipinski definition) is 5. The van der Waals surface area contributed by atoms with Crippen LogP contribution in [0.15, 0.2) is 36.8 Å². The van der Waals surface area contributed by atoms with Gasteiger partial charge in [0.15, 0.2) is 0 Å². The van der Waals surface area contributed by atoms with Crippen molar-refractivity contribution in [2.24, 2.45) is 11.3 Å². The molecule has 3 heterocycles. The highest BCUT2D eigenvalue weighted by Gasteiger charge is 2.55. The van der Waals surface area contributed by atoms with Crippen LogP contribution in [0.5, 0.6) is 0 Å². The number of rotatable bonds is 4. The summed E-state index contributed by atoms with van der Waals surface area (Å²) in [6.07, 6.45) is 6.16. The third kappa shape index (κ3) is 3.40. The maximum atomic E-state index is 14.4. The van der Waals surface area contributed by atoms with Gasteiger partial charge in [-0.1, -0.05) is 6.07 Å². The number of benzene rings is 1. The van der Waals surface area contributed by atoms with Gasteiger partial charge in [0.1, 0.15) is 23.6 Å². The number of nitriles is 1. The molecule has 1 saturated carbocycles. The number of hydrogen-bond donors (Lipinski definition) is 2. The highest BCUT2D eigenvalue weighted by molar-refractivity contribution is 5.88. The van der Waals surface area contributed by atoms with E-state index in [2.05, 4.69) is 25.2 Å². The van der Waals surface area contributed by atoms with Crippen LogP contribution in [0.4, 0.5) is 10.2 Å². The minimum atomic E-state index is -0.470. The summed E-state index contributed by atoms with van der Waals surface area (Å²) in [7, 11) is 0. The molecule has 2 aliphatic rings. The summed E-state index contributed by atoms with van der Waals surface area (Å²) in [4.78, 5) is 27.3. The monoisotopic (exact) mass is 418 g/mol. The van der Waals surface area contributed by atoms with Crippen LogP contribution in [-0.4, -0.2) is 33.9 Å². The van der Waals surface area contributed by atoms with E-state index in [9.17, 15) is 9.18 Å². The summed E-state index contributed by atoms with van der Waals surface area (Å²) in [6.45, 7) is 3.29. The molecule has 7 nitrogen and oxygen atoms in total. The number of piperidine rings is 1. The molecule has 0 bridgehead atoms. The maximum absolute atomic E-state index is 14.4. The van der Waals surface area contributed by atoms with Crippen molar-refractivity contribution >= 4 is 22.8 Å². The van der Waals surface area contributed by atoms with Crippen molar-refractivity contribution in [2.45, 2.75) is 32.2 Å². The zero-order valence-electron chi connectivity index (χ0n) is 17.2. The van der Waals surface area contributed by atoms with E-state index in [-0.39, 0.29) is 22.8 Å². The van der Waals surface area contributed by atoms with Gasteiger partial charge in [-0.05, 0) is 49.8 Å². The SMILES string of the molecule is C[C@H](NC(=O)[C@H]1CCN(c2ncnc3[nH]ccc23)CC12CC2)c1ccc(C#N)cc1F. The molecule has 5 rings (SSSR count). The van der Waals surface area contributed by atoms with Gasteiger partial charge in [-0.2, -0.15) is 5.26 Å². The third-order valence-electron chi connectivity index (χ3n) is 6.73. The van der Waals surface area contributed by atoms with E-state index < -0.39 is 11.9 Å². The second-order valence-electron chi connectivity index (χ2n) is 8.64. The molecule has 8 heteroatoms. The summed E-state index contributed by atoms with van der Waals surface area (Å²) in [5.41, 5.74) is 1.42. The van der Waals surface area contributed by atoms with Crippen molar-refractivity contribution in [3.63, 3.8) is 0 Å². The van der Waals surface area contributed by atoms with Crippen molar-refractivity contribution in [1.29, 1.82) is 5.26 Å². The van der Waals surface area contributed by atoms with Crippen LogP contribution in [0, 0.1) is 28.5 Å². The molecule has 2 fully saturated rings. The number of halogens is 1. The Hall–Kier alpha value is -3.47. The Balaban J connectivity index is 1.30. The number of amides is 1. The van der Waals surface area contributed by atoms with Crippen molar-refractivity contribution in [2.75, 3.05) is 18.0 Å². The van der Waals surface area contributed by atoms with Crippen molar-refractivity contribution < 1.29 is 9.18 Å². The lowest BCUT2D eigenvalue weighted by atomic mass is 9.81. The Kier molecular flexibility index (Phi) is 4.62. The Morgan fingerprint density at radius 1 is 1.39 bits per heavy atom. The van der Waals surface area contributed by atoms with Gasteiger partial charge in [0.05, 0.1) is 23.1 Å². The molecule has 0 unspecified atom stereocenters. The van der Waals surface area contributed by atoms with Gasteiger partial charge in [-0.15, -0.1) is 0 Å². The molecule has 1 aromatic carbocycles. The largest absolute Gasteiger partial charge is 0.355 e. The van der Waals surface area contributed by atoms with Gasteiger partial charge in [0, 0.05) is 30.8 Å². The summed E-state index contributed by atoms with van der Waals surface area (Å²) < 4.78 is 14.4. The minimum Gasteiger partial charge on any atom is -0.355 e. The first-order valence-electron chi connectivity index (χ1n) is 10.5. The van der Waals surface area contributed by atoms with Gasteiger partial charge >= 0.3 is 0 Å². The topological polar surface area (TPSA) is 97.7 Å². The first kappa shape index (κ1) is 19.5. The van der Waals surface area contributed by atoms with Gasteiger partial charge in [0.2, 0.25) is 5.91 Å². The van der Waals surface area contributed by atoms with E-state index in [0.29, 0.717) is 5.56 Å². The predicted molar refractivity (Wildman–Crippen MR) is 114 cm³/mol. The number of anilines is 1. The Labute approximate surface area is 179 Å². The van der Waals surface area contributed by atoms with Crippen LogP contribution in [0.2, 0.25) is 0 Å². The fourth-order valence-electron chi connectivity index (χ4n) is 4.87. The first-order valence-corrected chi connectivity index (χ1v) is 10.5. The summed E-state index contributed by atoms with van der Waals surface area (Å²) in [5, 5.41) is 12.9. The van der Waals surface area contributed by atoms with Crippen LogP contribution in [-0.2, 0) is 4.79 Å². The zero-order chi connectivity index (χ0) is 21.6. The van der Waals surface area contributed by atoms with Crippen LogP contribution >= 0.6 is 0 Å². The lowest BCUT2D eigenvalue weighted by molar-refractivity contribution is -0.128. The quantitative estimate of drug-likeness (QED) is 0.676. The second-order valence-corrected chi connectivity index (χ2v) is 8.64. The van der Waals surface area contributed by atoms with Crippen molar-refractivity contribution in [1.82, 2.24) is 20.3 Å². The number of carbonyl (C=O) groups excluding carboxylic acids is 1. The molecule has 2 atom stereocenters. The third-order valence-corrected chi connectivity index (χ3v) is 6.73. The molecule has 2 aromatic heterocycles. The predicted octanol–water partition coefficient (Wildman–Crippen LogP) is 3.45. The standard InChI is InChI=1S/C23H23FN6O/c1-14(16-3-2-15(11-25)10-19(16)24)29-22(31)18-5-9-30(12-23(18)6-7-23)21-17-4-8-26-20(17)27-13-28-21/h2-4,8,10,13-14,18H,5-7,9,12H2,1H3,(H,29,31)(H,26,27,28)/t14-,18+/m0/s1. The van der Waals surface area contributed by atoms with Crippen LogP contribution < -0.4 is 10.2 Å². The number of aromatic amines is 1. The molecular formula is C23H23FN6O. The molecule has 1 aliphatic heterocycles. The fourth-order valence-corrected chi connectivity index (χ4v) is 4.87. The molecule has 2 N–H and O–H groups in total. The van der Waals surface area contributed by atoms with Gasteiger partial charge in [-0.3, -0.25) is 4.79 Å². The average Bonchev–Trinajstić information content (AvgIpc) is 3.34. The van der Waals surface area contributed by atoms with E-state index >= 15 is 0 Å². The van der Waals surface area contributed by atoms with E-state index in [1.807, 2.05) is 18.3 Å². The molecule has 158 valence electrons. The molecular weight excluding hydrogens is 395 g/mol. The highest BCUT2D eigenvalue weighted by Crippen LogP contribution is 2.56. The first-order chi connectivity index (χ1) is 15.0. The number of H-pyrrole nitrogens is 1. The lowest BCUT2D eigenvalue weighted by Crippen LogP contribution is -2.48. The Morgan fingerprint density at radius 3 is 2.97 bits per heavy atom. The maximum Gasteiger partial charge on any atom is 0.224 e. The summed E-state index contributed by atoms with van der Waals surface area (Å²) >= 11 is 0. The average molecular weight is 418 g/mol. The normalized spacial score (nSPS) is 20.4. The number of nitrogens with one attached hydrogen (secondary N) is 2. The van der Waals surface area contributed by atoms with Crippen LogP contribution in [0.25, 0.3) is 11.0 Å². The fraction of sp³-hybridized carbons (Fsp3) is 0.391. The van der Waals surface area contributed by atoms with Crippen LogP contribution in [0.3, 0.4) is 0 Å². The smallest absolute Gasteiger partial charge is 0.224 e. The van der Waals surface area contributed by atoms with Crippen LogP contribution in [0.1, 0.15) is 43.4 Å². The number of carbonyl (C=O) groups is 1. The minimum absolute atomic E-state index is 0.0251. The van der Waals surface area contributed by atoms with Gasteiger partial charge in [-0.25, -0.2) is 14.4 Å². The highest BCUT2D eigenvalue weighted by atomic mass is 19.1. The molecule has 3 aromatic rings. The molecule has 31 heavy (non-hydrogen) atoms. The van der Waals surface area contributed by atoms with Crippen molar-refractivity contribution in [3.05, 3.63) is 53.7 Å². The Morgan fingerprint density at radius 2 is 2.23 bits per heavy atom. The Bertz CT molecular complexity index is 1190. The molecule has 1 amide bonds.